The topological polar surface area (TPSA) is 96.3 Å². The van der Waals surface area contributed by atoms with E-state index in [1.165, 1.54) is 13.2 Å². The van der Waals surface area contributed by atoms with Gasteiger partial charge in [-0.1, -0.05) is 18.9 Å². The van der Waals surface area contributed by atoms with Crippen molar-refractivity contribution in [2.24, 2.45) is 0 Å². The van der Waals surface area contributed by atoms with E-state index in [4.69, 9.17) is 9.47 Å². The Morgan fingerprint density at radius 3 is 2.39 bits per heavy atom. The Bertz CT molecular complexity index is 1120. The minimum atomic E-state index is -0.795. The normalized spacial score (nSPS) is 20.5. The smallest absolute Gasteiger partial charge is 0.295 e. The number of hydrogen-bond acceptors (Lipinski definition) is 6. The van der Waals surface area contributed by atoms with Gasteiger partial charge in [0.2, 0.25) is 0 Å². The monoisotopic (exact) mass is 451 g/mol. The van der Waals surface area contributed by atoms with Gasteiger partial charge in [-0.3, -0.25) is 9.59 Å². The quantitative estimate of drug-likeness (QED) is 0.382. The molecule has 1 heterocycles. The van der Waals surface area contributed by atoms with Crippen molar-refractivity contribution >= 4 is 17.4 Å². The number of aryl methyl sites for hydroxylation is 1. The number of rotatable bonds is 6. The number of nitrogens with zero attached hydrogens (tertiary/aromatic N) is 1. The van der Waals surface area contributed by atoms with Gasteiger partial charge in [-0.2, -0.15) is 0 Å². The number of aliphatic hydroxyl groups is 1. The van der Waals surface area contributed by atoms with Gasteiger partial charge in [-0.05, 0) is 68.1 Å². The van der Waals surface area contributed by atoms with Gasteiger partial charge < -0.3 is 24.6 Å². The van der Waals surface area contributed by atoms with Gasteiger partial charge in [0, 0.05) is 11.6 Å². The molecule has 1 unspecified atom stereocenters. The molecular formula is C26H29NO6. The van der Waals surface area contributed by atoms with Crippen LogP contribution in [0.2, 0.25) is 0 Å². The van der Waals surface area contributed by atoms with Crippen LogP contribution in [0.1, 0.15) is 55.3 Å². The number of phenols is 1. The molecule has 2 N–H and O–H groups in total. The van der Waals surface area contributed by atoms with E-state index < -0.39 is 17.7 Å². The third-order valence-corrected chi connectivity index (χ3v) is 6.47. The number of carbonyl (C=O) groups excluding carboxylic acids is 2. The molecule has 4 rings (SSSR count). The highest BCUT2D eigenvalue weighted by Crippen LogP contribution is 2.45. The van der Waals surface area contributed by atoms with E-state index in [-0.39, 0.29) is 23.1 Å². The fraction of sp³-hybridized carbons (Fsp3) is 0.385. The van der Waals surface area contributed by atoms with Gasteiger partial charge in [-0.25, -0.2) is 0 Å². The summed E-state index contributed by atoms with van der Waals surface area (Å²) in [7, 11) is 1.45. The van der Waals surface area contributed by atoms with Crippen molar-refractivity contribution in [3.05, 3.63) is 58.7 Å². The Labute approximate surface area is 193 Å². The first-order chi connectivity index (χ1) is 15.9. The molecule has 2 aromatic rings. The second-order valence-corrected chi connectivity index (χ2v) is 8.49. The average molecular weight is 452 g/mol. The molecule has 0 radical (unpaired) electrons. The minimum Gasteiger partial charge on any atom is -0.507 e. The molecule has 7 nitrogen and oxygen atoms in total. The maximum atomic E-state index is 13.2. The van der Waals surface area contributed by atoms with E-state index in [2.05, 4.69) is 0 Å². The SMILES string of the molecule is CCOc1ccc(/C(O)=C2/C(=O)C(=O)N(C3CCCC3)C2c2ccc(OC)c(O)c2)cc1C. The second kappa shape index (κ2) is 9.17. The number of Topliss-reactive ketones (excluding diaryl/α,β-unsaturated/α-hetero) is 1. The Morgan fingerprint density at radius 2 is 1.79 bits per heavy atom. The number of likely N-dealkylation sites (tertiary alicyclic amines) is 1. The standard InChI is InChI=1S/C26H29NO6/c1-4-33-20-11-10-17(13-15(20)2)24(29)22-23(16-9-12-21(32-3)19(28)14-16)27(26(31)25(22)30)18-7-5-6-8-18/h9-14,18,23,28-29H,4-8H2,1-3H3/b24-22-. The maximum Gasteiger partial charge on any atom is 0.295 e. The van der Waals surface area contributed by atoms with Crippen LogP contribution in [0.5, 0.6) is 17.2 Å². The lowest BCUT2D eigenvalue weighted by Gasteiger charge is -2.31. The van der Waals surface area contributed by atoms with Gasteiger partial charge in [0.05, 0.1) is 25.3 Å². The molecule has 174 valence electrons. The van der Waals surface area contributed by atoms with Crippen molar-refractivity contribution in [3.63, 3.8) is 0 Å². The largest absolute Gasteiger partial charge is 0.507 e. The highest BCUT2D eigenvalue weighted by atomic mass is 16.5. The summed E-state index contributed by atoms with van der Waals surface area (Å²) in [5.41, 5.74) is 1.82. The number of ether oxygens (including phenoxy) is 2. The van der Waals surface area contributed by atoms with Crippen LogP contribution in [0.15, 0.2) is 42.0 Å². The van der Waals surface area contributed by atoms with Crippen molar-refractivity contribution in [1.82, 2.24) is 4.90 Å². The number of benzene rings is 2. The van der Waals surface area contributed by atoms with Crippen LogP contribution >= 0.6 is 0 Å². The van der Waals surface area contributed by atoms with E-state index in [9.17, 15) is 19.8 Å². The lowest BCUT2D eigenvalue weighted by molar-refractivity contribution is -0.141. The summed E-state index contributed by atoms with van der Waals surface area (Å²) in [6.07, 6.45) is 3.56. The summed E-state index contributed by atoms with van der Waals surface area (Å²) in [5, 5.41) is 21.7. The van der Waals surface area contributed by atoms with Crippen LogP contribution in [-0.4, -0.2) is 46.6 Å². The fourth-order valence-corrected chi connectivity index (χ4v) is 4.88. The van der Waals surface area contributed by atoms with Crippen molar-refractivity contribution in [1.29, 1.82) is 0 Å². The van der Waals surface area contributed by atoms with Crippen molar-refractivity contribution in [2.75, 3.05) is 13.7 Å². The van der Waals surface area contributed by atoms with Crippen LogP contribution in [0, 0.1) is 6.92 Å². The molecule has 2 aromatic carbocycles. The molecule has 1 atom stereocenters. The number of methoxy groups -OCH3 is 1. The van der Waals surface area contributed by atoms with Crippen molar-refractivity contribution in [3.8, 4) is 17.2 Å². The summed E-state index contributed by atoms with van der Waals surface area (Å²) in [5.74, 6) is -0.683. The van der Waals surface area contributed by atoms with E-state index in [0.717, 1.165) is 31.2 Å². The Hall–Kier alpha value is -3.48. The van der Waals surface area contributed by atoms with Gasteiger partial charge in [0.25, 0.3) is 11.7 Å². The number of aromatic hydroxyl groups is 1. The summed E-state index contributed by atoms with van der Waals surface area (Å²) in [6, 6.07) is 9.09. The summed E-state index contributed by atoms with van der Waals surface area (Å²) in [4.78, 5) is 28.0. The zero-order chi connectivity index (χ0) is 23.7. The predicted octanol–water partition coefficient (Wildman–Crippen LogP) is 4.47. The third kappa shape index (κ3) is 4.03. The molecule has 0 aromatic heterocycles. The van der Waals surface area contributed by atoms with Crippen LogP contribution in [0.4, 0.5) is 0 Å². The molecule has 2 aliphatic rings. The van der Waals surface area contributed by atoms with E-state index in [0.29, 0.717) is 29.2 Å². The van der Waals surface area contributed by atoms with Crippen LogP contribution in [0.3, 0.4) is 0 Å². The number of carbonyl (C=O) groups is 2. The summed E-state index contributed by atoms with van der Waals surface area (Å²) >= 11 is 0. The van der Waals surface area contributed by atoms with Gasteiger partial charge in [-0.15, -0.1) is 0 Å². The summed E-state index contributed by atoms with van der Waals surface area (Å²) < 4.78 is 10.7. The number of aliphatic hydroxyl groups excluding tert-OH is 1. The zero-order valence-corrected chi connectivity index (χ0v) is 19.1. The molecule has 0 bridgehead atoms. The predicted molar refractivity (Wildman–Crippen MR) is 123 cm³/mol. The molecule has 7 heteroatoms. The molecule has 1 saturated carbocycles. The number of phenolic OH excluding ortho intramolecular Hbond substituents is 1. The average Bonchev–Trinajstić information content (AvgIpc) is 3.41. The van der Waals surface area contributed by atoms with E-state index in [1.807, 2.05) is 13.8 Å². The van der Waals surface area contributed by atoms with Crippen molar-refractivity contribution < 1.29 is 29.3 Å². The molecule has 1 amide bonds. The highest BCUT2D eigenvalue weighted by Gasteiger charge is 2.49. The Balaban J connectivity index is 1.87. The van der Waals surface area contributed by atoms with E-state index in [1.54, 1.807) is 35.2 Å². The molecule has 1 saturated heterocycles. The number of amides is 1. The molecule has 1 aliphatic heterocycles. The highest BCUT2D eigenvalue weighted by molar-refractivity contribution is 6.46. The molecule has 0 spiro atoms. The van der Waals surface area contributed by atoms with Gasteiger partial charge in [0.15, 0.2) is 11.5 Å². The molecule has 2 fully saturated rings. The Kier molecular flexibility index (Phi) is 6.31. The summed E-state index contributed by atoms with van der Waals surface area (Å²) in [6.45, 7) is 4.26. The third-order valence-electron chi connectivity index (χ3n) is 6.47. The fourth-order valence-electron chi connectivity index (χ4n) is 4.88. The van der Waals surface area contributed by atoms with Crippen LogP contribution in [-0.2, 0) is 9.59 Å². The van der Waals surface area contributed by atoms with Crippen LogP contribution in [0.25, 0.3) is 5.76 Å². The molecule has 33 heavy (non-hydrogen) atoms. The first kappa shape index (κ1) is 22.7. The first-order valence-electron chi connectivity index (χ1n) is 11.3. The van der Waals surface area contributed by atoms with Crippen molar-refractivity contribution in [2.45, 2.75) is 51.6 Å². The van der Waals surface area contributed by atoms with Gasteiger partial charge >= 0.3 is 0 Å². The number of hydrogen-bond donors (Lipinski definition) is 2. The second-order valence-electron chi connectivity index (χ2n) is 8.49. The molecule has 1 aliphatic carbocycles. The minimum absolute atomic E-state index is 0.0278. The van der Waals surface area contributed by atoms with E-state index >= 15 is 0 Å². The Morgan fingerprint density at radius 1 is 1.09 bits per heavy atom. The lowest BCUT2D eigenvalue weighted by Crippen LogP contribution is -2.37. The van der Waals surface area contributed by atoms with Crippen LogP contribution < -0.4 is 9.47 Å². The van der Waals surface area contributed by atoms with Gasteiger partial charge in [0.1, 0.15) is 11.5 Å². The first-order valence-corrected chi connectivity index (χ1v) is 11.3. The molecular weight excluding hydrogens is 422 g/mol. The number of ketones is 1. The zero-order valence-electron chi connectivity index (χ0n) is 19.1. The lowest BCUT2D eigenvalue weighted by atomic mass is 9.94. The maximum absolute atomic E-state index is 13.2.